The number of hydrogen-bond donors (Lipinski definition) is 2. The summed E-state index contributed by atoms with van der Waals surface area (Å²) in [6, 6.07) is 0. The van der Waals surface area contributed by atoms with Gasteiger partial charge in [-0.3, -0.25) is 0 Å². The summed E-state index contributed by atoms with van der Waals surface area (Å²) in [5.41, 5.74) is 0. The lowest BCUT2D eigenvalue weighted by atomic mass is 10.3. The predicted octanol–water partition coefficient (Wildman–Crippen LogP) is 1.34. The maximum atomic E-state index is 11.7. The third-order valence-electron chi connectivity index (χ3n) is 2.37. The molecule has 0 radical (unpaired) electrons. The minimum atomic E-state index is -3.16. The van der Waals surface area contributed by atoms with Gasteiger partial charge >= 0.3 is 0 Å². The van der Waals surface area contributed by atoms with Crippen molar-refractivity contribution in [1.29, 1.82) is 0 Å². The quantitative estimate of drug-likeness (QED) is 0.638. The highest BCUT2D eigenvalue weighted by Gasteiger charge is 2.09. The zero-order chi connectivity index (χ0) is 13.3. The first-order valence-corrected chi connectivity index (χ1v) is 8.73. The van der Waals surface area contributed by atoms with E-state index in [1.807, 2.05) is 5.38 Å². The van der Waals surface area contributed by atoms with E-state index in [9.17, 15) is 8.42 Å². The molecule has 0 aromatic carbocycles. The van der Waals surface area contributed by atoms with Crippen LogP contribution in [-0.2, 0) is 16.6 Å². The van der Waals surface area contributed by atoms with E-state index in [2.05, 4.69) is 21.9 Å². The van der Waals surface area contributed by atoms with E-state index in [0.717, 1.165) is 30.9 Å². The lowest BCUT2D eigenvalue weighted by molar-refractivity contribution is 0.572. The number of thiazole rings is 1. The van der Waals surface area contributed by atoms with Crippen molar-refractivity contribution in [3.8, 4) is 0 Å². The molecule has 0 atom stereocenters. The van der Waals surface area contributed by atoms with E-state index in [-0.39, 0.29) is 5.75 Å². The Labute approximate surface area is 113 Å². The van der Waals surface area contributed by atoms with E-state index in [1.165, 1.54) is 11.3 Å². The number of aromatic nitrogens is 1. The van der Waals surface area contributed by atoms with Gasteiger partial charge in [-0.25, -0.2) is 18.1 Å². The summed E-state index contributed by atoms with van der Waals surface area (Å²) >= 11 is 1.45. The SMILES string of the molecule is CCCNCCCCS(=O)(=O)NCc1nccs1. The van der Waals surface area contributed by atoms with Gasteiger partial charge in [-0.15, -0.1) is 11.3 Å². The van der Waals surface area contributed by atoms with Crippen molar-refractivity contribution in [3.05, 3.63) is 16.6 Å². The highest BCUT2D eigenvalue weighted by molar-refractivity contribution is 7.89. The molecule has 18 heavy (non-hydrogen) atoms. The van der Waals surface area contributed by atoms with Gasteiger partial charge in [0, 0.05) is 11.6 Å². The Morgan fingerprint density at radius 1 is 1.33 bits per heavy atom. The summed E-state index contributed by atoms with van der Waals surface area (Å²) in [6.07, 6.45) is 4.35. The molecular formula is C11H21N3O2S2. The van der Waals surface area contributed by atoms with Crippen LogP contribution in [0, 0.1) is 0 Å². The number of nitrogens with zero attached hydrogens (tertiary/aromatic N) is 1. The van der Waals surface area contributed by atoms with E-state index >= 15 is 0 Å². The summed E-state index contributed by atoms with van der Waals surface area (Å²) in [5.74, 6) is 0.187. The fourth-order valence-corrected chi connectivity index (χ4v) is 3.16. The molecule has 0 aliphatic heterocycles. The average molecular weight is 291 g/mol. The van der Waals surface area contributed by atoms with E-state index in [1.54, 1.807) is 6.20 Å². The van der Waals surface area contributed by atoms with E-state index in [4.69, 9.17) is 0 Å². The summed E-state index contributed by atoms with van der Waals surface area (Å²) in [7, 11) is -3.16. The Morgan fingerprint density at radius 3 is 2.83 bits per heavy atom. The summed E-state index contributed by atoms with van der Waals surface area (Å²) in [5, 5.41) is 5.88. The van der Waals surface area contributed by atoms with E-state index < -0.39 is 10.0 Å². The second-order valence-corrected chi connectivity index (χ2v) is 6.93. The minimum absolute atomic E-state index is 0.187. The molecule has 0 spiro atoms. The van der Waals surface area contributed by atoms with Gasteiger partial charge in [0.1, 0.15) is 5.01 Å². The Bertz CT molecular complexity index is 404. The molecule has 7 heteroatoms. The summed E-state index contributed by atoms with van der Waals surface area (Å²) in [4.78, 5) is 4.03. The Morgan fingerprint density at radius 2 is 2.17 bits per heavy atom. The van der Waals surface area contributed by atoms with Crippen molar-refractivity contribution in [2.24, 2.45) is 0 Å². The van der Waals surface area contributed by atoms with Gasteiger partial charge in [0.2, 0.25) is 10.0 Å². The van der Waals surface area contributed by atoms with Gasteiger partial charge in [-0.05, 0) is 32.4 Å². The van der Waals surface area contributed by atoms with Gasteiger partial charge in [-0.1, -0.05) is 6.92 Å². The lowest BCUT2D eigenvalue weighted by Crippen LogP contribution is -2.26. The fraction of sp³-hybridized carbons (Fsp3) is 0.727. The molecule has 0 amide bonds. The van der Waals surface area contributed by atoms with Gasteiger partial charge in [0.15, 0.2) is 0 Å². The van der Waals surface area contributed by atoms with Crippen LogP contribution in [0.25, 0.3) is 0 Å². The van der Waals surface area contributed by atoms with Crippen LogP contribution in [0.2, 0.25) is 0 Å². The Hall–Kier alpha value is -0.500. The van der Waals surface area contributed by atoms with Crippen molar-refractivity contribution in [3.63, 3.8) is 0 Å². The molecular weight excluding hydrogens is 270 g/mol. The number of rotatable bonds is 10. The van der Waals surface area contributed by atoms with Crippen LogP contribution in [0.5, 0.6) is 0 Å². The first kappa shape index (κ1) is 15.6. The fourth-order valence-electron chi connectivity index (χ4n) is 1.43. The molecule has 104 valence electrons. The molecule has 0 aliphatic rings. The zero-order valence-corrected chi connectivity index (χ0v) is 12.3. The second-order valence-electron chi connectivity index (χ2n) is 4.02. The van der Waals surface area contributed by atoms with Gasteiger partial charge < -0.3 is 5.32 Å². The number of hydrogen-bond acceptors (Lipinski definition) is 5. The molecule has 0 saturated carbocycles. The molecule has 5 nitrogen and oxygen atoms in total. The largest absolute Gasteiger partial charge is 0.317 e. The molecule has 1 aromatic heterocycles. The minimum Gasteiger partial charge on any atom is -0.317 e. The number of sulfonamides is 1. The summed E-state index contributed by atoms with van der Waals surface area (Å²) in [6.45, 7) is 4.29. The maximum absolute atomic E-state index is 11.7. The normalized spacial score (nSPS) is 11.8. The number of unbranched alkanes of at least 4 members (excludes halogenated alkanes) is 1. The van der Waals surface area contributed by atoms with Crippen LogP contribution < -0.4 is 10.0 Å². The molecule has 0 aliphatic carbocycles. The third-order valence-corrected chi connectivity index (χ3v) is 4.56. The van der Waals surface area contributed by atoms with Crippen molar-refractivity contribution < 1.29 is 8.42 Å². The summed E-state index contributed by atoms with van der Waals surface area (Å²) < 4.78 is 25.9. The first-order valence-electron chi connectivity index (χ1n) is 6.20. The standard InChI is InChI=1S/C11H21N3O2S2/c1-2-5-12-6-3-4-9-18(15,16)14-10-11-13-7-8-17-11/h7-8,12,14H,2-6,9-10H2,1H3. The monoisotopic (exact) mass is 291 g/mol. The molecule has 2 N–H and O–H groups in total. The second kappa shape index (κ2) is 8.58. The van der Waals surface area contributed by atoms with Crippen molar-refractivity contribution >= 4 is 21.4 Å². The van der Waals surface area contributed by atoms with Crippen LogP contribution in [0.15, 0.2) is 11.6 Å². The third kappa shape index (κ3) is 7.05. The predicted molar refractivity (Wildman–Crippen MR) is 75.1 cm³/mol. The molecule has 0 bridgehead atoms. The molecule has 0 fully saturated rings. The Balaban J connectivity index is 2.12. The van der Waals surface area contributed by atoms with Crippen LogP contribution in [-0.4, -0.2) is 32.2 Å². The van der Waals surface area contributed by atoms with Crippen molar-refractivity contribution in [2.45, 2.75) is 32.7 Å². The molecule has 0 unspecified atom stereocenters. The first-order chi connectivity index (χ1) is 8.64. The van der Waals surface area contributed by atoms with Crippen LogP contribution >= 0.6 is 11.3 Å². The zero-order valence-electron chi connectivity index (χ0n) is 10.7. The molecule has 1 rings (SSSR count). The van der Waals surface area contributed by atoms with Crippen LogP contribution in [0.1, 0.15) is 31.2 Å². The van der Waals surface area contributed by atoms with E-state index in [0.29, 0.717) is 13.0 Å². The molecule has 1 aromatic rings. The van der Waals surface area contributed by atoms with Crippen LogP contribution in [0.4, 0.5) is 0 Å². The highest BCUT2D eigenvalue weighted by atomic mass is 32.2. The van der Waals surface area contributed by atoms with Gasteiger partial charge in [-0.2, -0.15) is 0 Å². The molecule has 1 heterocycles. The van der Waals surface area contributed by atoms with Crippen molar-refractivity contribution in [2.75, 3.05) is 18.8 Å². The lowest BCUT2D eigenvalue weighted by Gasteiger charge is -2.05. The highest BCUT2D eigenvalue weighted by Crippen LogP contribution is 2.04. The molecule has 0 saturated heterocycles. The van der Waals surface area contributed by atoms with Gasteiger partial charge in [0.05, 0.1) is 12.3 Å². The van der Waals surface area contributed by atoms with Gasteiger partial charge in [0.25, 0.3) is 0 Å². The average Bonchev–Trinajstić information content (AvgIpc) is 2.84. The smallest absolute Gasteiger partial charge is 0.211 e. The van der Waals surface area contributed by atoms with Crippen molar-refractivity contribution in [1.82, 2.24) is 15.0 Å². The van der Waals surface area contributed by atoms with Crippen LogP contribution in [0.3, 0.4) is 0 Å². The topological polar surface area (TPSA) is 71.1 Å². The number of nitrogens with one attached hydrogen (secondary N) is 2. The maximum Gasteiger partial charge on any atom is 0.211 e. The Kier molecular flexibility index (Phi) is 7.41.